The molecule has 2 bridgehead atoms. The fourth-order valence-corrected chi connectivity index (χ4v) is 6.01. The highest BCUT2D eigenvalue weighted by Gasteiger charge is 2.74. The summed E-state index contributed by atoms with van der Waals surface area (Å²) < 4.78 is 6.41. The average Bonchev–Trinajstić information content (AvgIpc) is 3.45. The summed E-state index contributed by atoms with van der Waals surface area (Å²) in [5.74, 6) is -1.75. The first kappa shape index (κ1) is 24.7. The number of unbranched alkanes of at least 4 members (excludes halogenated alkanes) is 3. The van der Waals surface area contributed by atoms with E-state index in [1.54, 1.807) is 4.90 Å². The normalized spacial score (nSPS) is 29.5. The molecule has 0 saturated carbocycles. The molecule has 5 atom stereocenters. The number of benzene rings is 1. The summed E-state index contributed by atoms with van der Waals surface area (Å²) in [6.45, 7) is 4.79. The van der Waals surface area contributed by atoms with Gasteiger partial charge in [-0.2, -0.15) is 0 Å². The zero-order valence-corrected chi connectivity index (χ0v) is 20.2. The SMILES string of the molecule is CC(C)NC(=O)C1N(CCCCCCO)C(=O)[C@@H]2[C@@H](C(=O)NCc3ccccc3)[C@H]3CCC12O3. The number of likely N-dealkylation sites (tertiary alicyclic amines) is 1. The quantitative estimate of drug-likeness (QED) is 0.426. The van der Waals surface area contributed by atoms with Crippen LogP contribution in [-0.2, 0) is 25.7 Å². The third kappa shape index (κ3) is 4.58. The average molecular weight is 472 g/mol. The van der Waals surface area contributed by atoms with E-state index in [0.29, 0.717) is 25.9 Å². The summed E-state index contributed by atoms with van der Waals surface area (Å²) in [6.07, 6.45) is 4.15. The van der Waals surface area contributed by atoms with E-state index in [4.69, 9.17) is 9.84 Å². The lowest BCUT2D eigenvalue weighted by atomic mass is 9.70. The maximum Gasteiger partial charge on any atom is 0.246 e. The highest BCUT2D eigenvalue weighted by atomic mass is 16.5. The molecule has 1 aromatic rings. The van der Waals surface area contributed by atoms with E-state index in [1.807, 2.05) is 44.2 Å². The number of ether oxygens (including phenoxy) is 1. The van der Waals surface area contributed by atoms with Crippen molar-refractivity contribution in [1.29, 1.82) is 0 Å². The Kier molecular flexibility index (Phi) is 7.57. The van der Waals surface area contributed by atoms with Crippen molar-refractivity contribution in [1.82, 2.24) is 15.5 Å². The van der Waals surface area contributed by atoms with Crippen molar-refractivity contribution in [2.75, 3.05) is 13.2 Å². The van der Waals surface area contributed by atoms with Gasteiger partial charge < -0.3 is 25.4 Å². The molecule has 3 N–H and O–H groups in total. The molecule has 4 rings (SSSR count). The largest absolute Gasteiger partial charge is 0.396 e. The Labute approximate surface area is 201 Å². The van der Waals surface area contributed by atoms with Crippen molar-refractivity contribution >= 4 is 17.7 Å². The summed E-state index contributed by atoms with van der Waals surface area (Å²) in [5, 5.41) is 15.0. The van der Waals surface area contributed by atoms with E-state index in [2.05, 4.69) is 10.6 Å². The molecule has 8 nitrogen and oxygen atoms in total. The van der Waals surface area contributed by atoms with Gasteiger partial charge in [0, 0.05) is 25.7 Å². The Hall–Kier alpha value is -2.45. The number of amides is 3. The number of hydrogen-bond donors (Lipinski definition) is 3. The van der Waals surface area contributed by atoms with Crippen LogP contribution in [0.5, 0.6) is 0 Å². The molecule has 2 unspecified atom stereocenters. The van der Waals surface area contributed by atoms with Crippen molar-refractivity contribution in [2.45, 2.75) is 82.7 Å². The Morgan fingerprint density at radius 3 is 2.59 bits per heavy atom. The van der Waals surface area contributed by atoms with E-state index < -0.39 is 23.5 Å². The summed E-state index contributed by atoms with van der Waals surface area (Å²) in [7, 11) is 0. The first-order valence-electron chi connectivity index (χ1n) is 12.6. The minimum Gasteiger partial charge on any atom is -0.396 e. The fourth-order valence-electron chi connectivity index (χ4n) is 6.01. The number of fused-ring (bicyclic) bond motifs is 1. The summed E-state index contributed by atoms with van der Waals surface area (Å²) in [6, 6.07) is 8.89. The number of carbonyl (C=O) groups excluding carboxylic acids is 3. The molecular formula is C26H37N3O5. The van der Waals surface area contributed by atoms with Crippen molar-refractivity contribution in [3.63, 3.8) is 0 Å². The number of rotatable bonds is 11. The molecule has 3 saturated heterocycles. The van der Waals surface area contributed by atoms with E-state index in [-0.39, 0.29) is 36.5 Å². The van der Waals surface area contributed by atoms with Crippen LogP contribution in [0.25, 0.3) is 0 Å². The number of nitrogens with one attached hydrogen (secondary N) is 2. The highest BCUT2D eigenvalue weighted by Crippen LogP contribution is 2.58. The summed E-state index contributed by atoms with van der Waals surface area (Å²) >= 11 is 0. The molecule has 0 aromatic heterocycles. The van der Waals surface area contributed by atoms with Crippen LogP contribution < -0.4 is 10.6 Å². The van der Waals surface area contributed by atoms with Gasteiger partial charge in [-0.25, -0.2) is 0 Å². The smallest absolute Gasteiger partial charge is 0.246 e. The zero-order chi connectivity index (χ0) is 24.3. The molecule has 8 heteroatoms. The van der Waals surface area contributed by atoms with Gasteiger partial charge in [-0.3, -0.25) is 14.4 Å². The Bertz CT molecular complexity index is 892. The van der Waals surface area contributed by atoms with Crippen LogP contribution in [0.3, 0.4) is 0 Å². The van der Waals surface area contributed by atoms with E-state index in [0.717, 1.165) is 31.2 Å². The molecule has 0 radical (unpaired) electrons. The van der Waals surface area contributed by atoms with Gasteiger partial charge >= 0.3 is 0 Å². The van der Waals surface area contributed by atoms with Crippen LogP contribution in [0.2, 0.25) is 0 Å². The summed E-state index contributed by atoms with van der Waals surface area (Å²) in [5.41, 5.74) is 0.0479. The van der Waals surface area contributed by atoms with Crippen molar-refractivity contribution in [3.05, 3.63) is 35.9 Å². The van der Waals surface area contributed by atoms with Gasteiger partial charge in [-0.15, -0.1) is 0 Å². The van der Waals surface area contributed by atoms with Crippen molar-refractivity contribution < 1.29 is 24.2 Å². The van der Waals surface area contributed by atoms with E-state index in [1.165, 1.54) is 0 Å². The second kappa shape index (κ2) is 10.4. The van der Waals surface area contributed by atoms with Crippen LogP contribution in [0, 0.1) is 11.8 Å². The predicted molar refractivity (Wildman–Crippen MR) is 126 cm³/mol. The maximum atomic E-state index is 13.7. The second-order valence-corrected chi connectivity index (χ2v) is 10.1. The van der Waals surface area contributed by atoms with E-state index >= 15 is 0 Å². The number of carbonyl (C=O) groups is 3. The standard InChI is InChI=1S/C26H37N3O5/c1-17(2)28-24(32)22-26-13-12-19(34-26)20(23(31)27-16-18-10-6-5-7-11-18)21(26)25(33)29(22)14-8-3-4-9-15-30/h5-7,10-11,17,19-22,30H,3-4,8-9,12-16H2,1-2H3,(H,27,31)(H,28,32)/t19-,20+,21+,22?,26?/m1/s1. The van der Waals surface area contributed by atoms with Crippen molar-refractivity contribution in [3.8, 4) is 0 Å². The molecule has 3 amide bonds. The number of aliphatic hydroxyl groups is 1. The van der Waals surface area contributed by atoms with Crippen LogP contribution in [-0.4, -0.2) is 64.7 Å². The van der Waals surface area contributed by atoms with Crippen LogP contribution in [0.15, 0.2) is 30.3 Å². The number of hydrogen-bond acceptors (Lipinski definition) is 5. The van der Waals surface area contributed by atoms with E-state index in [9.17, 15) is 14.4 Å². The van der Waals surface area contributed by atoms with Gasteiger partial charge in [0.1, 0.15) is 11.6 Å². The molecule has 1 spiro atoms. The molecular weight excluding hydrogens is 434 g/mol. The molecule has 0 aliphatic carbocycles. The number of aliphatic hydroxyl groups excluding tert-OH is 1. The topological polar surface area (TPSA) is 108 Å². The third-order valence-corrected chi connectivity index (χ3v) is 7.40. The van der Waals surface area contributed by atoms with Gasteiger partial charge in [0.25, 0.3) is 0 Å². The van der Waals surface area contributed by atoms with Gasteiger partial charge in [0.2, 0.25) is 17.7 Å². The molecule has 3 heterocycles. The lowest BCUT2D eigenvalue weighted by Crippen LogP contribution is -2.56. The van der Waals surface area contributed by atoms with Crippen LogP contribution in [0.1, 0.15) is 57.9 Å². The molecule has 3 aliphatic rings. The number of nitrogens with zero attached hydrogens (tertiary/aromatic N) is 1. The lowest BCUT2D eigenvalue weighted by molar-refractivity contribution is -0.142. The van der Waals surface area contributed by atoms with Crippen molar-refractivity contribution in [2.24, 2.45) is 11.8 Å². The molecule has 34 heavy (non-hydrogen) atoms. The minimum atomic E-state index is -0.944. The molecule has 186 valence electrons. The van der Waals surface area contributed by atoms with Crippen LogP contribution >= 0.6 is 0 Å². The second-order valence-electron chi connectivity index (χ2n) is 10.1. The first-order chi connectivity index (χ1) is 16.4. The predicted octanol–water partition coefficient (Wildman–Crippen LogP) is 1.75. The monoisotopic (exact) mass is 471 g/mol. The van der Waals surface area contributed by atoms with Crippen LogP contribution in [0.4, 0.5) is 0 Å². The molecule has 3 aliphatic heterocycles. The van der Waals surface area contributed by atoms with Gasteiger partial charge in [-0.05, 0) is 45.1 Å². The van der Waals surface area contributed by atoms with Gasteiger partial charge in [-0.1, -0.05) is 43.2 Å². The van der Waals surface area contributed by atoms with Gasteiger partial charge in [0.05, 0.1) is 17.9 Å². The minimum absolute atomic E-state index is 0.0620. The fraction of sp³-hybridized carbons (Fsp3) is 0.654. The van der Waals surface area contributed by atoms with Gasteiger partial charge in [0.15, 0.2) is 0 Å². The Balaban J connectivity index is 1.53. The third-order valence-electron chi connectivity index (χ3n) is 7.40. The highest BCUT2D eigenvalue weighted by molar-refractivity contribution is 5.98. The Morgan fingerprint density at radius 1 is 1.15 bits per heavy atom. The summed E-state index contributed by atoms with van der Waals surface area (Å²) in [4.78, 5) is 42.0. The molecule has 1 aromatic carbocycles. The Morgan fingerprint density at radius 2 is 1.88 bits per heavy atom. The first-order valence-corrected chi connectivity index (χ1v) is 12.6. The maximum absolute atomic E-state index is 13.7. The zero-order valence-electron chi connectivity index (χ0n) is 20.2. The lowest BCUT2D eigenvalue weighted by Gasteiger charge is -2.34. The molecule has 3 fully saturated rings.